The molecule has 3 aromatic rings. The maximum Gasteiger partial charge on any atom is 0.119 e. The number of ether oxygens (including phenoxy) is 1. The average molecular weight is 347 g/mol. The van der Waals surface area contributed by atoms with Gasteiger partial charge >= 0.3 is 0 Å². The van der Waals surface area contributed by atoms with Crippen LogP contribution in [0.5, 0.6) is 5.75 Å². The minimum Gasteiger partial charge on any atom is -0.491 e. The van der Waals surface area contributed by atoms with Gasteiger partial charge < -0.3 is 20.1 Å². The Bertz CT molecular complexity index is 740. The highest BCUT2D eigenvalue weighted by atomic mass is 35.5. The molecule has 0 spiro atoms. The van der Waals surface area contributed by atoms with Crippen LogP contribution >= 0.6 is 12.4 Å². The highest BCUT2D eigenvalue weighted by Crippen LogP contribution is 2.17. The first-order chi connectivity index (χ1) is 11.4. The van der Waals surface area contributed by atoms with E-state index >= 15 is 0 Å². The number of para-hydroxylation sites is 1. The van der Waals surface area contributed by atoms with E-state index in [9.17, 15) is 0 Å². The molecule has 4 nitrogen and oxygen atoms in total. The van der Waals surface area contributed by atoms with Crippen molar-refractivity contribution >= 4 is 23.3 Å². The van der Waals surface area contributed by atoms with Crippen LogP contribution in [0.15, 0.2) is 54.7 Å². The monoisotopic (exact) mass is 346 g/mol. The molecule has 0 atom stereocenters. The van der Waals surface area contributed by atoms with Crippen LogP contribution in [0.3, 0.4) is 0 Å². The zero-order valence-electron chi connectivity index (χ0n) is 13.5. The number of hydrogen-bond donors (Lipinski definition) is 3. The number of aliphatic hydroxyl groups excluding tert-OH is 1. The fraction of sp³-hybridized carbons (Fsp3) is 0.263. The van der Waals surface area contributed by atoms with Crippen molar-refractivity contribution in [2.75, 3.05) is 19.8 Å². The zero-order chi connectivity index (χ0) is 15.9. The lowest BCUT2D eigenvalue weighted by Crippen LogP contribution is -2.16. The lowest BCUT2D eigenvalue weighted by molar-refractivity contribution is 0.201. The van der Waals surface area contributed by atoms with Crippen molar-refractivity contribution in [3.05, 3.63) is 65.9 Å². The first-order valence-electron chi connectivity index (χ1n) is 7.95. The van der Waals surface area contributed by atoms with Gasteiger partial charge in [-0.2, -0.15) is 0 Å². The summed E-state index contributed by atoms with van der Waals surface area (Å²) in [4.78, 5) is 3.31. The van der Waals surface area contributed by atoms with Crippen LogP contribution in [0, 0.1) is 0 Å². The summed E-state index contributed by atoms with van der Waals surface area (Å²) in [6.45, 7) is 2.15. The van der Waals surface area contributed by atoms with Crippen LogP contribution in [-0.2, 0) is 13.0 Å². The Morgan fingerprint density at radius 3 is 2.62 bits per heavy atom. The molecule has 3 rings (SSSR count). The molecule has 0 fully saturated rings. The molecule has 0 saturated heterocycles. The smallest absolute Gasteiger partial charge is 0.119 e. The largest absolute Gasteiger partial charge is 0.491 e. The molecular formula is C19H23ClN2O2. The molecule has 3 N–H and O–H groups in total. The van der Waals surface area contributed by atoms with Crippen molar-refractivity contribution in [2.45, 2.75) is 13.0 Å². The molecule has 1 aromatic heterocycles. The van der Waals surface area contributed by atoms with Crippen molar-refractivity contribution in [2.24, 2.45) is 0 Å². The third-order valence-corrected chi connectivity index (χ3v) is 3.86. The van der Waals surface area contributed by atoms with Crippen molar-refractivity contribution in [1.82, 2.24) is 10.3 Å². The molecular weight excluding hydrogens is 324 g/mol. The predicted octanol–water partition coefficient (Wildman–Crippen LogP) is 3.29. The van der Waals surface area contributed by atoms with Gasteiger partial charge in [0.15, 0.2) is 0 Å². The second kappa shape index (κ2) is 9.33. The topological polar surface area (TPSA) is 57.3 Å². The van der Waals surface area contributed by atoms with Crippen LogP contribution in [0.25, 0.3) is 10.9 Å². The lowest BCUT2D eigenvalue weighted by atomic mass is 10.1. The van der Waals surface area contributed by atoms with Crippen LogP contribution in [0.4, 0.5) is 0 Å². The Morgan fingerprint density at radius 2 is 1.83 bits per heavy atom. The van der Waals surface area contributed by atoms with Crippen LogP contribution < -0.4 is 10.1 Å². The number of hydrogen-bond acceptors (Lipinski definition) is 3. The molecule has 5 heteroatoms. The van der Waals surface area contributed by atoms with E-state index in [1.54, 1.807) is 0 Å². The van der Waals surface area contributed by atoms with E-state index in [-0.39, 0.29) is 19.0 Å². The molecule has 24 heavy (non-hydrogen) atoms. The van der Waals surface area contributed by atoms with E-state index in [4.69, 9.17) is 9.84 Å². The molecule has 2 aromatic carbocycles. The van der Waals surface area contributed by atoms with Gasteiger partial charge in [-0.05, 0) is 42.3 Å². The fourth-order valence-corrected chi connectivity index (χ4v) is 2.66. The number of fused-ring (bicyclic) bond motifs is 1. The van der Waals surface area contributed by atoms with E-state index < -0.39 is 0 Å². The normalized spacial score (nSPS) is 10.5. The second-order valence-electron chi connectivity index (χ2n) is 5.50. The number of H-pyrrole nitrogens is 1. The van der Waals surface area contributed by atoms with Gasteiger partial charge in [0.2, 0.25) is 0 Å². The summed E-state index contributed by atoms with van der Waals surface area (Å²) >= 11 is 0. The molecule has 0 aliphatic heterocycles. The first-order valence-corrected chi connectivity index (χ1v) is 7.95. The minimum absolute atomic E-state index is 0. The van der Waals surface area contributed by atoms with Gasteiger partial charge in [-0.25, -0.2) is 0 Å². The molecule has 0 aliphatic carbocycles. The van der Waals surface area contributed by atoms with Crippen LogP contribution in [-0.4, -0.2) is 29.8 Å². The van der Waals surface area contributed by atoms with Crippen molar-refractivity contribution in [1.29, 1.82) is 0 Å². The van der Waals surface area contributed by atoms with Gasteiger partial charge in [0.1, 0.15) is 12.4 Å². The van der Waals surface area contributed by atoms with E-state index in [2.05, 4.69) is 40.8 Å². The molecule has 0 bridgehead atoms. The quantitative estimate of drug-likeness (QED) is 0.548. The Balaban J connectivity index is 0.00000208. The average Bonchev–Trinajstić information content (AvgIpc) is 3.01. The summed E-state index contributed by atoms with van der Waals surface area (Å²) in [5.41, 5.74) is 3.77. The lowest BCUT2D eigenvalue weighted by Gasteiger charge is -2.07. The summed E-state index contributed by atoms with van der Waals surface area (Å²) in [6.07, 6.45) is 3.10. The van der Waals surface area contributed by atoms with Gasteiger partial charge in [0.05, 0.1) is 6.61 Å². The van der Waals surface area contributed by atoms with Gasteiger partial charge in [-0.1, -0.05) is 30.3 Å². The first kappa shape index (κ1) is 18.3. The highest BCUT2D eigenvalue weighted by molar-refractivity contribution is 5.85. The standard InChI is InChI=1S/C19H22N2O2.ClH/c22-11-12-23-17-7-5-15(6-8-17)13-20-10-9-16-14-21-19-4-2-1-3-18(16)19;/h1-8,14,20-22H,9-13H2;1H. The number of nitrogens with one attached hydrogen (secondary N) is 2. The van der Waals surface area contributed by atoms with Gasteiger partial charge in [-0.3, -0.25) is 0 Å². The summed E-state index contributed by atoms with van der Waals surface area (Å²) < 4.78 is 5.35. The van der Waals surface area contributed by atoms with Crippen molar-refractivity contribution in [3.63, 3.8) is 0 Å². The van der Waals surface area contributed by atoms with E-state index in [0.717, 1.165) is 25.3 Å². The SMILES string of the molecule is Cl.OCCOc1ccc(CNCCc2c[nH]c3ccccc23)cc1. The zero-order valence-corrected chi connectivity index (χ0v) is 14.3. The summed E-state index contributed by atoms with van der Waals surface area (Å²) in [5.74, 6) is 0.793. The minimum atomic E-state index is 0. The Hall–Kier alpha value is -2.01. The molecule has 0 aliphatic rings. The van der Waals surface area contributed by atoms with Gasteiger partial charge in [0, 0.05) is 23.6 Å². The molecule has 0 amide bonds. The predicted molar refractivity (Wildman–Crippen MR) is 100.0 cm³/mol. The summed E-state index contributed by atoms with van der Waals surface area (Å²) in [6, 6.07) is 16.4. The molecule has 0 unspecified atom stereocenters. The third kappa shape index (κ3) is 4.74. The van der Waals surface area contributed by atoms with E-state index in [1.807, 2.05) is 24.3 Å². The van der Waals surface area contributed by atoms with Gasteiger partial charge in [0.25, 0.3) is 0 Å². The third-order valence-electron chi connectivity index (χ3n) is 3.86. The second-order valence-corrected chi connectivity index (χ2v) is 5.50. The molecule has 0 radical (unpaired) electrons. The number of halogens is 1. The van der Waals surface area contributed by atoms with Crippen molar-refractivity contribution in [3.8, 4) is 5.75 Å². The van der Waals surface area contributed by atoms with E-state index in [0.29, 0.717) is 6.61 Å². The Kier molecular flexibility index (Phi) is 7.12. The van der Waals surface area contributed by atoms with Crippen LogP contribution in [0.2, 0.25) is 0 Å². The maximum atomic E-state index is 8.73. The number of aromatic nitrogens is 1. The number of rotatable bonds is 8. The number of aliphatic hydroxyl groups is 1. The Labute approximate surface area is 148 Å². The van der Waals surface area contributed by atoms with Gasteiger partial charge in [-0.15, -0.1) is 12.4 Å². The van der Waals surface area contributed by atoms with Crippen molar-refractivity contribution < 1.29 is 9.84 Å². The highest BCUT2D eigenvalue weighted by Gasteiger charge is 2.02. The fourth-order valence-electron chi connectivity index (χ4n) is 2.66. The number of aromatic amines is 1. The van der Waals surface area contributed by atoms with Crippen LogP contribution in [0.1, 0.15) is 11.1 Å². The summed E-state index contributed by atoms with van der Waals surface area (Å²) in [7, 11) is 0. The maximum absolute atomic E-state index is 8.73. The number of benzene rings is 2. The molecule has 128 valence electrons. The molecule has 1 heterocycles. The summed E-state index contributed by atoms with van der Waals surface area (Å²) in [5, 5.41) is 13.5. The van der Waals surface area contributed by atoms with E-state index in [1.165, 1.54) is 22.0 Å². The molecule has 0 saturated carbocycles. The Morgan fingerprint density at radius 1 is 1.04 bits per heavy atom.